The molecule has 1 aromatic heterocycles. The second-order valence-electron chi connectivity index (χ2n) is 2.62. The fourth-order valence-electron chi connectivity index (χ4n) is 1.09. The van der Waals surface area contributed by atoms with Gasteiger partial charge in [0.1, 0.15) is 10.7 Å². The fraction of sp³-hybridized carbons (Fsp3) is 0.571. The molecule has 0 aliphatic rings. The number of nitrogens with two attached hydrogens (primary N) is 1. The maximum absolute atomic E-state index is 5.47. The Kier molecular flexibility index (Phi) is 2.75. The molecule has 0 saturated carbocycles. The summed E-state index contributed by atoms with van der Waals surface area (Å²) in [5.74, 6) is 0. The summed E-state index contributed by atoms with van der Waals surface area (Å²) in [5, 5.41) is 7.74. The van der Waals surface area contributed by atoms with Crippen molar-refractivity contribution in [3.8, 4) is 0 Å². The van der Waals surface area contributed by atoms with Gasteiger partial charge in [0.15, 0.2) is 0 Å². The third kappa shape index (κ3) is 1.61. The first kappa shape index (κ1) is 9.12. The first-order chi connectivity index (χ1) is 5.66. The molecule has 66 valence electrons. The molecule has 0 bridgehead atoms. The smallest absolute Gasteiger partial charge is 0.143 e. The summed E-state index contributed by atoms with van der Waals surface area (Å²) in [6, 6.07) is 0. The van der Waals surface area contributed by atoms with Gasteiger partial charge in [-0.1, -0.05) is 30.8 Å². The Morgan fingerprint density at radius 1 is 1.67 bits per heavy atom. The van der Waals surface area contributed by atoms with Crippen LogP contribution in [0.5, 0.6) is 0 Å². The predicted molar refractivity (Wildman–Crippen MR) is 50.9 cm³/mol. The highest BCUT2D eigenvalue weighted by molar-refractivity contribution is 7.80. The van der Waals surface area contributed by atoms with E-state index in [0.29, 0.717) is 10.7 Å². The van der Waals surface area contributed by atoms with E-state index in [0.717, 1.165) is 18.5 Å². The minimum absolute atomic E-state index is 0.326. The van der Waals surface area contributed by atoms with Gasteiger partial charge < -0.3 is 5.73 Å². The fourth-order valence-corrected chi connectivity index (χ4v) is 1.24. The predicted octanol–water partition coefficient (Wildman–Crippen LogP) is 0.402. The van der Waals surface area contributed by atoms with Gasteiger partial charge in [-0.3, -0.25) is 4.68 Å². The first-order valence-corrected chi connectivity index (χ1v) is 4.26. The monoisotopic (exact) mass is 184 g/mol. The molecule has 5 heteroatoms. The molecule has 12 heavy (non-hydrogen) atoms. The van der Waals surface area contributed by atoms with Gasteiger partial charge in [-0.25, -0.2) is 0 Å². The van der Waals surface area contributed by atoms with Crippen molar-refractivity contribution in [1.82, 2.24) is 15.0 Å². The number of hydrogen-bond acceptors (Lipinski definition) is 3. The van der Waals surface area contributed by atoms with Crippen molar-refractivity contribution in [2.75, 3.05) is 0 Å². The molecule has 0 aliphatic heterocycles. The van der Waals surface area contributed by atoms with Crippen LogP contribution in [-0.2, 0) is 13.5 Å². The van der Waals surface area contributed by atoms with Gasteiger partial charge in [0.25, 0.3) is 0 Å². The molecule has 0 saturated heterocycles. The summed E-state index contributed by atoms with van der Waals surface area (Å²) >= 11 is 4.84. The van der Waals surface area contributed by atoms with Crippen molar-refractivity contribution in [2.24, 2.45) is 12.8 Å². The van der Waals surface area contributed by atoms with E-state index in [2.05, 4.69) is 17.2 Å². The Hall–Kier alpha value is -0.970. The number of nitrogens with zero attached hydrogens (tertiary/aromatic N) is 3. The van der Waals surface area contributed by atoms with E-state index >= 15 is 0 Å². The Labute approximate surface area is 76.8 Å². The maximum atomic E-state index is 5.47. The third-order valence-electron chi connectivity index (χ3n) is 1.66. The van der Waals surface area contributed by atoms with Crippen LogP contribution in [0.3, 0.4) is 0 Å². The molecular formula is C7H12N4S. The summed E-state index contributed by atoms with van der Waals surface area (Å²) in [6.07, 6.45) is 1.95. The van der Waals surface area contributed by atoms with Crippen LogP contribution in [0.2, 0.25) is 0 Å². The Balaban J connectivity index is 3.03. The summed E-state index contributed by atoms with van der Waals surface area (Å²) in [4.78, 5) is 0.326. The van der Waals surface area contributed by atoms with Crippen LogP contribution in [0, 0.1) is 0 Å². The molecule has 0 amide bonds. The molecule has 1 rings (SSSR count). The van der Waals surface area contributed by atoms with Crippen LogP contribution in [0.1, 0.15) is 24.7 Å². The molecule has 0 unspecified atom stereocenters. The number of thiocarbonyl (C=S) groups is 1. The van der Waals surface area contributed by atoms with Gasteiger partial charge >= 0.3 is 0 Å². The van der Waals surface area contributed by atoms with E-state index in [4.69, 9.17) is 18.0 Å². The molecule has 4 nitrogen and oxygen atoms in total. The second kappa shape index (κ2) is 3.62. The summed E-state index contributed by atoms with van der Waals surface area (Å²) in [5.41, 5.74) is 7.15. The normalized spacial score (nSPS) is 10.2. The molecular weight excluding hydrogens is 172 g/mol. The molecule has 1 heterocycles. The van der Waals surface area contributed by atoms with E-state index in [1.807, 2.05) is 7.05 Å². The second-order valence-corrected chi connectivity index (χ2v) is 3.06. The quantitative estimate of drug-likeness (QED) is 0.691. The van der Waals surface area contributed by atoms with E-state index in [-0.39, 0.29) is 0 Å². The minimum atomic E-state index is 0.326. The van der Waals surface area contributed by atoms with Crippen molar-refractivity contribution in [3.63, 3.8) is 0 Å². The number of aromatic nitrogens is 3. The third-order valence-corrected chi connectivity index (χ3v) is 1.86. The van der Waals surface area contributed by atoms with E-state index in [1.165, 1.54) is 0 Å². The number of hydrogen-bond donors (Lipinski definition) is 1. The van der Waals surface area contributed by atoms with Crippen molar-refractivity contribution in [2.45, 2.75) is 19.8 Å². The zero-order valence-electron chi connectivity index (χ0n) is 7.24. The summed E-state index contributed by atoms with van der Waals surface area (Å²) in [7, 11) is 1.85. The molecule has 2 N–H and O–H groups in total. The topological polar surface area (TPSA) is 56.7 Å². The lowest BCUT2D eigenvalue weighted by Crippen LogP contribution is -2.13. The molecule has 0 fully saturated rings. The van der Waals surface area contributed by atoms with Crippen LogP contribution in [0.4, 0.5) is 0 Å². The largest absolute Gasteiger partial charge is 0.388 e. The van der Waals surface area contributed by atoms with Crippen LogP contribution in [0.15, 0.2) is 0 Å². The number of rotatable bonds is 3. The molecule has 0 spiro atoms. The van der Waals surface area contributed by atoms with Crippen molar-refractivity contribution < 1.29 is 0 Å². The van der Waals surface area contributed by atoms with Crippen molar-refractivity contribution in [1.29, 1.82) is 0 Å². The molecule has 0 atom stereocenters. The minimum Gasteiger partial charge on any atom is -0.388 e. The lowest BCUT2D eigenvalue weighted by Gasteiger charge is -1.99. The van der Waals surface area contributed by atoms with Crippen LogP contribution >= 0.6 is 12.2 Å². The van der Waals surface area contributed by atoms with Gasteiger partial charge in [0, 0.05) is 7.05 Å². The molecule has 0 radical (unpaired) electrons. The summed E-state index contributed by atoms with van der Waals surface area (Å²) in [6.45, 7) is 2.09. The standard InChI is InChI=1S/C7H12N4S/c1-3-4-5-6(7(8)12)9-10-11(5)2/h3-4H2,1-2H3,(H2,8,12). The Morgan fingerprint density at radius 2 is 2.33 bits per heavy atom. The van der Waals surface area contributed by atoms with E-state index in [1.54, 1.807) is 4.68 Å². The average molecular weight is 184 g/mol. The van der Waals surface area contributed by atoms with Crippen LogP contribution < -0.4 is 5.73 Å². The highest BCUT2D eigenvalue weighted by atomic mass is 32.1. The zero-order valence-corrected chi connectivity index (χ0v) is 8.06. The van der Waals surface area contributed by atoms with Gasteiger partial charge in [-0.2, -0.15) is 0 Å². The SMILES string of the molecule is CCCc1c(C(N)=S)nnn1C. The van der Waals surface area contributed by atoms with Gasteiger partial charge in [0.05, 0.1) is 5.69 Å². The maximum Gasteiger partial charge on any atom is 0.143 e. The van der Waals surface area contributed by atoms with E-state index < -0.39 is 0 Å². The Bertz CT molecular complexity index is 292. The lowest BCUT2D eigenvalue weighted by molar-refractivity contribution is 0.669. The summed E-state index contributed by atoms with van der Waals surface area (Å²) < 4.78 is 1.72. The molecule has 0 aliphatic carbocycles. The number of aryl methyl sites for hydroxylation is 1. The molecule has 0 aromatic carbocycles. The van der Waals surface area contributed by atoms with Crippen LogP contribution in [-0.4, -0.2) is 20.0 Å². The van der Waals surface area contributed by atoms with E-state index in [9.17, 15) is 0 Å². The van der Waals surface area contributed by atoms with Crippen molar-refractivity contribution >= 4 is 17.2 Å². The van der Waals surface area contributed by atoms with Gasteiger partial charge in [-0.15, -0.1) is 5.10 Å². The highest BCUT2D eigenvalue weighted by Gasteiger charge is 2.10. The Morgan fingerprint density at radius 3 is 2.83 bits per heavy atom. The average Bonchev–Trinajstić information content (AvgIpc) is 2.34. The molecule has 1 aromatic rings. The van der Waals surface area contributed by atoms with Gasteiger partial charge in [-0.05, 0) is 6.42 Å². The first-order valence-electron chi connectivity index (χ1n) is 3.85. The van der Waals surface area contributed by atoms with Crippen LogP contribution in [0.25, 0.3) is 0 Å². The highest BCUT2D eigenvalue weighted by Crippen LogP contribution is 2.06. The van der Waals surface area contributed by atoms with Crippen molar-refractivity contribution in [3.05, 3.63) is 11.4 Å². The van der Waals surface area contributed by atoms with Gasteiger partial charge in [0.2, 0.25) is 0 Å². The lowest BCUT2D eigenvalue weighted by atomic mass is 10.2. The zero-order chi connectivity index (χ0) is 9.14.